The lowest BCUT2D eigenvalue weighted by Gasteiger charge is -1.84. The Bertz CT molecular complexity index is 290. The molecule has 1 aromatic heterocycles. The van der Waals surface area contributed by atoms with Gasteiger partial charge >= 0.3 is 5.97 Å². The Morgan fingerprint density at radius 2 is 2.55 bits per heavy atom. The smallest absolute Gasteiger partial charge is 0.328 e. The molecule has 0 aliphatic rings. The van der Waals surface area contributed by atoms with E-state index in [1.54, 1.807) is 11.6 Å². The molecule has 0 spiro atoms. The van der Waals surface area contributed by atoms with Gasteiger partial charge in [-0.25, -0.2) is 9.78 Å². The molecule has 58 valence electrons. The molecule has 4 heteroatoms. The predicted octanol–water partition coefficient (Wildman–Crippen LogP) is 1.55. The maximum atomic E-state index is 10.1. The van der Waals surface area contributed by atoms with Crippen molar-refractivity contribution in [2.45, 2.75) is 6.92 Å². The number of aromatic nitrogens is 1. The number of hydrogen-bond acceptors (Lipinski definition) is 3. The SMILES string of the molecule is Cc1ncsc1C=CC(=O)O. The molecular weight excluding hydrogens is 162 g/mol. The van der Waals surface area contributed by atoms with Crippen LogP contribution >= 0.6 is 11.3 Å². The Balaban J connectivity index is 2.79. The molecule has 0 atom stereocenters. The summed E-state index contributed by atoms with van der Waals surface area (Å²) in [6, 6.07) is 0. The highest BCUT2D eigenvalue weighted by atomic mass is 32.1. The third-order valence-electron chi connectivity index (χ3n) is 1.16. The van der Waals surface area contributed by atoms with Gasteiger partial charge in [0.1, 0.15) is 0 Å². The zero-order chi connectivity index (χ0) is 8.27. The molecule has 0 aliphatic carbocycles. The van der Waals surface area contributed by atoms with Gasteiger partial charge in [-0.15, -0.1) is 11.3 Å². The van der Waals surface area contributed by atoms with Crippen LogP contribution in [0.1, 0.15) is 10.6 Å². The van der Waals surface area contributed by atoms with Crippen LogP contribution in [0.25, 0.3) is 6.08 Å². The van der Waals surface area contributed by atoms with E-state index in [-0.39, 0.29) is 0 Å². The molecule has 0 bridgehead atoms. The Labute approximate surface area is 68.0 Å². The molecule has 0 amide bonds. The second-order valence-corrected chi connectivity index (χ2v) is 2.86. The topological polar surface area (TPSA) is 50.2 Å². The molecule has 0 unspecified atom stereocenters. The molecule has 1 heterocycles. The normalized spacial score (nSPS) is 10.6. The first-order valence-corrected chi connectivity index (χ1v) is 3.89. The van der Waals surface area contributed by atoms with Crippen molar-refractivity contribution in [2.24, 2.45) is 0 Å². The zero-order valence-corrected chi connectivity index (χ0v) is 6.76. The Morgan fingerprint density at radius 1 is 1.82 bits per heavy atom. The fraction of sp³-hybridized carbons (Fsp3) is 0.143. The van der Waals surface area contributed by atoms with Gasteiger partial charge in [-0.3, -0.25) is 0 Å². The van der Waals surface area contributed by atoms with E-state index in [1.807, 2.05) is 6.92 Å². The van der Waals surface area contributed by atoms with Crippen molar-refractivity contribution < 1.29 is 9.90 Å². The summed E-state index contributed by atoms with van der Waals surface area (Å²) in [5.41, 5.74) is 2.56. The molecule has 0 radical (unpaired) electrons. The monoisotopic (exact) mass is 169 g/mol. The number of carbonyl (C=O) groups is 1. The first-order valence-electron chi connectivity index (χ1n) is 3.01. The standard InChI is InChI=1S/C7H7NO2S/c1-5-6(11-4-8-5)2-3-7(9)10/h2-4H,1H3,(H,9,10). The molecule has 0 fully saturated rings. The van der Waals surface area contributed by atoms with Crippen molar-refractivity contribution in [1.82, 2.24) is 4.98 Å². The number of aryl methyl sites for hydroxylation is 1. The van der Waals surface area contributed by atoms with E-state index in [9.17, 15) is 4.79 Å². The van der Waals surface area contributed by atoms with Crippen LogP contribution in [0, 0.1) is 6.92 Å². The van der Waals surface area contributed by atoms with E-state index in [0.717, 1.165) is 16.6 Å². The van der Waals surface area contributed by atoms with Crippen molar-refractivity contribution in [3.8, 4) is 0 Å². The average Bonchev–Trinajstić information content (AvgIpc) is 2.31. The number of thiazole rings is 1. The average molecular weight is 169 g/mol. The number of nitrogens with zero attached hydrogens (tertiary/aromatic N) is 1. The van der Waals surface area contributed by atoms with Gasteiger partial charge in [0.25, 0.3) is 0 Å². The summed E-state index contributed by atoms with van der Waals surface area (Å²) in [5.74, 6) is -0.933. The Morgan fingerprint density at radius 3 is 3.00 bits per heavy atom. The van der Waals surface area contributed by atoms with Gasteiger partial charge in [-0.05, 0) is 13.0 Å². The lowest BCUT2D eigenvalue weighted by atomic mass is 10.3. The van der Waals surface area contributed by atoms with E-state index >= 15 is 0 Å². The van der Waals surface area contributed by atoms with E-state index in [1.165, 1.54) is 11.3 Å². The highest BCUT2D eigenvalue weighted by Gasteiger charge is 1.95. The molecule has 0 saturated heterocycles. The van der Waals surface area contributed by atoms with Crippen LogP contribution in [0.3, 0.4) is 0 Å². The molecule has 0 aromatic carbocycles. The van der Waals surface area contributed by atoms with Gasteiger partial charge in [0.2, 0.25) is 0 Å². The Kier molecular flexibility index (Phi) is 2.38. The largest absolute Gasteiger partial charge is 0.478 e. The molecule has 0 saturated carbocycles. The minimum absolute atomic E-state index is 0.868. The molecule has 1 rings (SSSR count). The van der Waals surface area contributed by atoms with Crippen LogP contribution in [0.2, 0.25) is 0 Å². The summed E-state index contributed by atoms with van der Waals surface area (Å²) >= 11 is 1.43. The lowest BCUT2D eigenvalue weighted by Crippen LogP contribution is -1.85. The van der Waals surface area contributed by atoms with Gasteiger partial charge < -0.3 is 5.11 Å². The number of carboxylic acid groups (broad SMARTS) is 1. The van der Waals surface area contributed by atoms with Crippen molar-refractivity contribution in [3.63, 3.8) is 0 Å². The van der Waals surface area contributed by atoms with Crippen LogP contribution in [-0.4, -0.2) is 16.1 Å². The highest BCUT2D eigenvalue weighted by molar-refractivity contribution is 7.10. The van der Waals surface area contributed by atoms with Gasteiger partial charge in [0, 0.05) is 6.08 Å². The third kappa shape index (κ3) is 2.16. The summed E-state index contributed by atoms with van der Waals surface area (Å²) < 4.78 is 0. The van der Waals surface area contributed by atoms with Gasteiger partial charge in [0.15, 0.2) is 0 Å². The van der Waals surface area contributed by atoms with E-state index in [0.29, 0.717) is 0 Å². The number of aliphatic carboxylic acids is 1. The minimum Gasteiger partial charge on any atom is -0.478 e. The fourth-order valence-corrected chi connectivity index (χ4v) is 1.31. The van der Waals surface area contributed by atoms with Gasteiger partial charge in [-0.2, -0.15) is 0 Å². The van der Waals surface area contributed by atoms with E-state index in [2.05, 4.69) is 4.98 Å². The summed E-state index contributed by atoms with van der Waals surface area (Å²) in [7, 11) is 0. The summed E-state index contributed by atoms with van der Waals surface area (Å²) in [5, 5.41) is 8.30. The number of carboxylic acids is 1. The quantitative estimate of drug-likeness (QED) is 0.683. The van der Waals surface area contributed by atoms with Crippen LogP contribution in [0.5, 0.6) is 0 Å². The van der Waals surface area contributed by atoms with Crippen LogP contribution in [0.15, 0.2) is 11.6 Å². The van der Waals surface area contributed by atoms with Crippen LogP contribution < -0.4 is 0 Å². The van der Waals surface area contributed by atoms with Crippen LogP contribution in [-0.2, 0) is 4.79 Å². The first-order chi connectivity index (χ1) is 5.20. The molecule has 3 nitrogen and oxygen atoms in total. The predicted molar refractivity (Wildman–Crippen MR) is 43.5 cm³/mol. The van der Waals surface area contributed by atoms with Crippen molar-refractivity contribution in [1.29, 1.82) is 0 Å². The summed E-state index contributed by atoms with van der Waals surface area (Å²) in [4.78, 5) is 15.0. The second-order valence-electron chi connectivity index (χ2n) is 1.97. The van der Waals surface area contributed by atoms with Crippen molar-refractivity contribution in [3.05, 3.63) is 22.2 Å². The summed E-state index contributed by atoms with van der Waals surface area (Å²) in [6.45, 7) is 1.85. The molecule has 1 aromatic rings. The minimum atomic E-state index is -0.933. The molecule has 11 heavy (non-hydrogen) atoms. The fourth-order valence-electron chi connectivity index (χ4n) is 0.618. The second kappa shape index (κ2) is 3.30. The Hall–Kier alpha value is -1.16. The van der Waals surface area contributed by atoms with E-state index < -0.39 is 5.97 Å². The number of rotatable bonds is 2. The van der Waals surface area contributed by atoms with Crippen LogP contribution in [0.4, 0.5) is 0 Å². The van der Waals surface area contributed by atoms with Crippen molar-refractivity contribution in [2.75, 3.05) is 0 Å². The molecule has 1 N–H and O–H groups in total. The van der Waals surface area contributed by atoms with E-state index in [4.69, 9.17) is 5.11 Å². The maximum absolute atomic E-state index is 10.1. The lowest BCUT2D eigenvalue weighted by molar-refractivity contribution is -0.131. The first kappa shape index (κ1) is 7.94. The molecular formula is C7H7NO2S. The summed E-state index contributed by atoms with van der Waals surface area (Å²) in [6.07, 6.45) is 2.66. The zero-order valence-electron chi connectivity index (χ0n) is 5.94. The molecule has 0 aliphatic heterocycles. The third-order valence-corrected chi connectivity index (χ3v) is 2.06. The van der Waals surface area contributed by atoms with Gasteiger partial charge in [-0.1, -0.05) is 0 Å². The highest BCUT2D eigenvalue weighted by Crippen LogP contribution is 2.13. The number of hydrogen-bond donors (Lipinski definition) is 1. The maximum Gasteiger partial charge on any atom is 0.328 e. The van der Waals surface area contributed by atoms with Crippen molar-refractivity contribution >= 4 is 23.4 Å². The van der Waals surface area contributed by atoms with Gasteiger partial charge in [0.05, 0.1) is 16.1 Å².